The van der Waals surface area contributed by atoms with Crippen LogP contribution in [0.2, 0.25) is 0 Å². The number of hydrogen-bond acceptors (Lipinski definition) is 2. The van der Waals surface area contributed by atoms with Crippen LogP contribution in [0.4, 0.5) is 0 Å². The zero-order valence-electron chi connectivity index (χ0n) is 6.07. The molecule has 0 aliphatic carbocycles. The van der Waals surface area contributed by atoms with Gasteiger partial charge in [-0.05, 0) is 0 Å². The molecule has 1 rings (SSSR count). The van der Waals surface area contributed by atoms with Gasteiger partial charge >= 0.3 is 0 Å². The highest BCUT2D eigenvalue weighted by molar-refractivity contribution is 5.71. The van der Waals surface area contributed by atoms with E-state index in [-0.39, 0.29) is 0 Å². The van der Waals surface area contributed by atoms with E-state index in [9.17, 15) is 0 Å². The van der Waals surface area contributed by atoms with Crippen molar-refractivity contribution >= 4 is 5.87 Å². The van der Waals surface area contributed by atoms with Crippen molar-refractivity contribution in [1.82, 2.24) is 4.98 Å². The summed E-state index contributed by atoms with van der Waals surface area (Å²) in [5, 5.41) is 23.4. The number of nitriles is 2. The van der Waals surface area contributed by atoms with Crippen LogP contribution in [-0.2, 0) is 0 Å². The van der Waals surface area contributed by atoms with Crippen LogP contribution in [0.25, 0.3) is 5.41 Å². The number of nitrogens with one attached hydrogen (secondary N) is 2. The summed E-state index contributed by atoms with van der Waals surface area (Å²) >= 11 is 0. The monoisotopic (exact) mass is 159 g/mol. The third kappa shape index (κ3) is 4.51. The van der Waals surface area contributed by atoms with Gasteiger partial charge in [0.05, 0.1) is 0 Å². The molecule has 1 aromatic rings. The van der Waals surface area contributed by atoms with E-state index in [2.05, 4.69) is 9.97 Å². The molecule has 0 bridgehead atoms. The van der Waals surface area contributed by atoms with Crippen molar-refractivity contribution in [3.63, 3.8) is 0 Å². The van der Waals surface area contributed by atoms with E-state index in [1.165, 1.54) is 18.0 Å². The van der Waals surface area contributed by atoms with Gasteiger partial charge in [-0.2, -0.15) is 10.5 Å². The van der Waals surface area contributed by atoms with Crippen molar-refractivity contribution in [1.29, 1.82) is 10.5 Å². The Balaban J connectivity index is 0.000000211. The van der Waals surface area contributed by atoms with Crippen LogP contribution in [0.15, 0.2) is 24.3 Å². The van der Waals surface area contributed by atoms with Crippen molar-refractivity contribution in [3.8, 4) is 12.1 Å². The second-order valence-corrected chi connectivity index (χ2v) is 1.52. The Morgan fingerprint density at radius 3 is 2.17 bits per heavy atom. The van der Waals surface area contributed by atoms with Gasteiger partial charge in [0.2, 0.25) is 6.33 Å². The van der Waals surface area contributed by atoms with Crippen molar-refractivity contribution < 1.29 is 4.98 Å². The molecule has 0 aromatic carbocycles. The van der Waals surface area contributed by atoms with Gasteiger partial charge in [0.15, 0.2) is 0 Å². The summed E-state index contributed by atoms with van der Waals surface area (Å²) in [6.45, 7) is 0. The van der Waals surface area contributed by atoms with Crippen LogP contribution >= 0.6 is 0 Å². The SMILES string of the molecule is N#CC(=C=[N-])C#N.c1c[nH+]c[nH]1. The molecule has 0 aliphatic rings. The molecular weight excluding hydrogens is 154 g/mol. The summed E-state index contributed by atoms with van der Waals surface area (Å²) in [5.74, 6) is 1.40. The topological polar surface area (TPSA) is 99.8 Å². The maximum Gasteiger partial charge on any atom is 0.239 e. The predicted molar refractivity (Wildman–Crippen MR) is 40.5 cm³/mol. The Labute approximate surface area is 69.1 Å². The van der Waals surface area contributed by atoms with E-state index >= 15 is 0 Å². The van der Waals surface area contributed by atoms with Crippen LogP contribution in [0.3, 0.4) is 0 Å². The third-order valence-corrected chi connectivity index (χ3v) is 0.778. The number of aromatic amines is 2. The first-order valence-electron chi connectivity index (χ1n) is 2.91. The minimum atomic E-state index is -0.403. The molecule has 0 atom stereocenters. The molecule has 0 fully saturated rings. The van der Waals surface area contributed by atoms with Crippen LogP contribution in [0.1, 0.15) is 0 Å². The second-order valence-electron chi connectivity index (χ2n) is 1.52. The van der Waals surface area contributed by atoms with Crippen molar-refractivity contribution in [2.45, 2.75) is 0 Å². The lowest BCUT2D eigenvalue weighted by Gasteiger charge is -1.68. The minimum Gasteiger partial charge on any atom is -0.762 e. The van der Waals surface area contributed by atoms with Crippen LogP contribution < -0.4 is 4.98 Å². The molecule has 0 saturated heterocycles. The number of hydrogen-bond donors (Lipinski definition) is 1. The third-order valence-electron chi connectivity index (χ3n) is 0.778. The van der Waals surface area contributed by atoms with E-state index < -0.39 is 5.57 Å². The summed E-state index contributed by atoms with van der Waals surface area (Å²) < 4.78 is 0. The largest absolute Gasteiger partial charge is 0.762 e. The number of nitrogens with zero attached hydrogens (tertiary/aromatic N) is 3. The molecule has 5 nitrogen and oxygen atoms in total. The quantitative estimate of drug-likeness (QED) is 0.426. The number of rotatable bonds is 0. The molecule has 0 aliphatic heterocycles. The van der Waals surface area contributed by atoms with E-state index in [1.807, 2.05) is 12.4 Å². The molecule has 0 amide bonds. The Bertz CT molecular complexity index is 298. The summed E-state index contributed by atoms with van der Waals surface area (Å²) in [4.78, 5) is 5.61. The van der Waals surface area contributed by atoms with Crippen molar-refractivity contribution in [2.24, 2.45) is 0 Å². The minimum absolute atomic E-state index is 0.403. The van der Waals surface area contributed by atoms with Crippen molar-refractivity contribution in [3.05, 3.63) is 29.7 Å². The van der Waals surface area contributed by atoms with Gasteiger partial charge in [0.25, 0.3) is 0 Å². The average molecular weight is 159 g/mol. The van der Waals surface area contributed by atoms with Gasteiger partial charge in [0.1, 0.15) is 30.1 Å². The van der Waals surface area contributed by atoms with Gasteiger partial charge < -0.3 is 5.41 Å². The van der Waals surface area contributed by atoms with Gasteiger partial charge in [-0.25, -0.2) is 5.87 Å². The Hall–Kier alpha value is -2.36. The van der Waals surface area contributed by atoms with E-state index in [1.54, 1.807) is 6.33 Å². The lowest BCUT2D eigenvalue weighted by Crippen LogP contribution is -1.87. The van der Waals surface area contributed by atoms with E-state index in [0.717, 1.165) is 0 Å². The Morgan fingerprint density at radius 2 is 2.08 bits per heavy atom. The Morgan fingerprint density at radius 1 is 1.42 bits per heavy atom. The lowest BCUT2D eigenvalue weighted by molar-refractivity contribution is -0.375. The molecule has 1 heterocycles. The molecule has 1 aromatic heterocycles. The van der Waals surface area contributed by atoms with Crippen molar-refractivity contribution in [2.75, 3.05) is 0 Å². The van der Waals surface area contributed by atoms with Crippen LogP contribution in [0.5, 0.6) is 0 Å². The predicted octanol–water partition coefficient (Wildman–Crippen LogP) is 0.0279. The summed E-state index contributed by atoms with van der Waals surface area (Å²) in [5.41, 5.74) is -0.403. The van der Waals surface area contributed by atoms with Gasteiger partial charge in [-0.1, -0.05) is 0 Å². The highest BCUT2D eigenvalue weighted by Gasteiger charge is 1.77. The fraction of sp³-hybridized carbons (Fsp3) is 0. The number of imidazole rings is 1. The molecule has 0 spiro atoms. The molecule has 0 saturated carbocycles. The first-order chi connectivity index (χ1) is 5.85. The Kier molecular flexibility index (Phi) is 5.43. The molecule has 0 unspecified atom stereocenters. The summed E-state index contributed by atoms with van der Waals surface area (Å²) in [6, 6.07) is 2.79. The second kappa shape index (κ2) is 6.76. The zero-order valence-corrected chi connectivity index (χ0v) is 6.07. The van der Waals surface area contributed by atoms with E-state index in [4.69, 9.17) is 15.9 Å². The normalized spacial score (nSPS) is 6.17. The van der Waals surface area contributed by atoms with Gasteiger partial charge in [-0.15, -0.1) is 0 Å². The maximum absolute atomic E-state index is 7.79. The first kappa shape index (κ1) is 9.64. The summed E-state index contributed by atoms with van der Waals surface area (Å²) in [6.07, 6.45) is 5.39. The number of aromatic nitrogens is 2. The van der Waals surface area contributed by atoms with E-state index in [0.29, 0.717) is 0 Å². The standard InChI is InChI=1S/C4N3.C3H4N2/c5-1-4(2-6)3-7;1-2-5-3-4-1/h;1-3H,(H,4,5)/q-1;/p+1. The van der Waals surface area contributed by atoms with Crippen LogP contribution in [0, 0.1) is 22.7 Å². The molecule has 58 valence electrons. The molecule has 12 heavy (non-hydrogen) atoms. The molecule has 5 heteroatoms. The number of allylic oxidation sites excluding steroid dienone is 1. The smallest absolute Gasteiger partial charge is 0.239 e. The summed E-state index contributed by atoms with van der Waals surface area (Å²) in [7, 11) is 0. The highest BCUT2D eigenvalue weighted by atomic mass is 14.8. The fourth-order valence-electron chi connectivity index (χ4n) is 0.316. The zero-order chi connectivity index (χ0) is 9.23. The number of H-pyrrole nitrogens is 2. The first-order valence-corrected chi connectivity index (χ1v) is 2.91. The van der Waals surface area contributed by atoms with Crippen LogP contribution in [-0.4, -0.2) is 10.9 Å². The lowest BCUT2D eigenvalue weighted by atomic mass is 10.4. The maximum atomic E-state index is 7.79. The fourth-order valence-corrected chi connectivity index (χ4v) is 0.316. The highest BCUT2D eigenvalue weighted by Crippen LogP contribution is 1.75. The average Bonchev–Trinajstić information content (AvgIpc) is 2.64. The van der Waals surface area contributed by atoms with Gasteiger partial charge in [-0.3, -0.25) is 9.97 Å². The molecule has 2 N–H and O–H groups in total. The molecule has 0 radical (unpaired) electrons. The molecular formula is C7H5N5. The van der Waals surface area contributed by atoms with Gasteiger partial charge in [0, 0.05) is 0 Å².